The second-order valence-corrected chi connectivity index (χ2v) is 6.84. The van der Waals surface area contributed by atoms with E-state index in [0.29, 0.717) is 53.0 Å². The van der Waals surface area contributed by atoms with Gasteiger partial charge in [-0.3, -0.25) is 4.79 Å². The number of anilines is 3. The Labute approximate surface area is 180 Å². The summed E-state index contributed by atoms with van der Waals surface area (Å²) >= 11 is 0. The molecule has 0 spiro atoms. The molecule has 3 aromatic carbocycles. The Kier molecular flexibility index (Phi) is 5.75. The van der Waals surface area contributed by atoms with Gasteiger partial charge in [-0.2, -0.15) is 0 Å². The first kappa shape index (κ1) is 20.3. The third-order valence-corrected chi connectivity index (χ3v) is 4.84. The van der Waals surface area contributed by atoms with Gasteiger partial charge in [-0.25, -0.2) is 4.79 Å². The van der Waals surface area contributed by atoms with Crippen molar-refractivity contribution in [3.63, 3.8) is 0 Å². The molecule has 7 nitrogen and oxygen atoms in total. The number of hydrogen-bond acceptors (Lipinski definition) is 4. The van der Waals surface area contributed by atoms with Gasteiger partial charge in [-0.1, -0.05) is 24.3 Å². The Balaban J connectivity index is 1.57. The third-order valence-electron chi connectivity index (χ3n) is 4.84. The molecule has 0 atom stereocenters. The standard InChI is InChI=1S/C24H23N3O4/c1-3-27-19-10-6-8-12-22(19)31-20-14-13-16(15-17(20)23(27)28)25-24(29)26-18-9-5-7-11-21(18)30-4-2/h5-15H,3-4H2,1-2H3,(H2,25,26,29). The Hall–Kier alpha value is -4.00. The first-order chi connectivity index (χ1) is 15.1. The Morgan fingerprint density at radius 2 is 1.74 bits per heavy atom. The molecule has 1 aliphatic rings. The van der Waals surface area contributed by atoms with Gasteiger partial charge in [-0.05, 0) is 56.3 Å². The largest absolute Gasteiger partial charge is 0.492 e. The van der Waals surface area contributed by atoms with Crippen molar-refractivity contribution in [3.8, 4) is 17.2 Å². The summed E-state index contributed by atoms with van der Waals surface area (Å²) in [6.07, 6.45) is 0. The monoisotopic (exact) mass is 417 g/mol. The number of rotatable bonds is 5. The highest BCUT2D eigenvalue weighted by atomic mass is 16.5. The number of para-hydroxylation sites is 4. The summed E-state index contributed by atoms with van der Waals surface area (Å²) < 4.78 is 11.5. The molecule has 0 aliphatic carbocycles. The number of ether oxygens (including phenoxy) is 2. The van der Waals surface area contributed by atoms with Crippen molar-refractivity contribution in [1.29, 1.82) is 0 Å². The molecule has 3 aromatic rings. The Morgan fingerprint density at radius 1 is 0.968 bits per heavy atom. The average molecular weight is 417 g/mol. The van der Waals surface area contributed by atoms with Gasteiger partial charge in [0.25, 0.3) is 5.91 Å². The van der Waals surface area contributed by atoms with E-state index in [1.165, 1.54) is 0 Å². The highest BCUT2D eigenvalue weighted by molar-refractivity contribution is 6.10. The third kappa shape index (κ3) is 4.16. The van der Waals surface area contributed by atoms with Crippen LogP contribution < -0.4 is 25.0 Å². The van der Waals surface area contributed by atoms with Crippen LogP contribution in [0.5, 0.6) is 17.2 Å². The van der Waals surface area contributed by atoms with E-state index in [1.54, 1.807) is 35.2 Å². The zero-order chi connectivity index (χ0) is 21.8. The van der Waals surface area contributed by atoms with Crippen LogP contribution in [0.15, 0.2) is 66.7 Å². The molecule has 0 aromatic heterocycles. The fraction of sp³-hybridized carbons (Fsp3) is 0.167. The van der Waals surface area contributed by atoms with Crippen molar-refractivity contribution in [3.05, 3.63) is 72.3 Å². The zero-order valence-electron chi connectivity index (χ0n) is 17.3. The normalized spacial score (nSPS) is 12.2. The van der Waals surface area contributed by atoms with Crippen molar-refractivity contribution in [2.24, 2.45) is 0 Å². The van der Waals surface area contributed by atoms with E-state index in [2.05, 4.69) is 10.6 Å². The van der Waals surface area contributed by atoms with Crippen LogP contribution in [0.25, 0.3) is 0 Å². The molecule has 0 unspecified atom stereocenters. The Bertz CT molecular complexity index is 1130. The fourth-order valence-electron chi connectivity index (χ4n) is 3.45. The maximum Gasteiger partial charge on any atom is 0.323 e. The number of amides is 3. The minimum absolute atomic E-state index is 0.187. The number of carbonyl (C=O) groups excluding carboxylic acids is 2. The molecular formula is C24H23N3O4. The SMILES string of the molecule is CCOc1ccccc1NC(=O)Nc1ccc2c(c1)C(=O)N(CC)c1ccccc1O2. The van der Waals surface area contributed by atoms with Crippen molar-refractivity contribution >= 4 is 29.0 Å². The quantitative estimate of drug-likeness (QED) is 0.574. The molecule has 0 fully saturated rings. The summed E-state index contributed by atoms with van der Waals surface area (Å²) in [6, 6.07) is 19.2. The number of fused-ring (bicyclic) bond motifs is 2. The van der Waals surface area contributed by atoms with E-state index in [1.807, 2.05) is 50.2 Å². The van der Waals surface area contributed by atoms with Crippen molar-refractivity contribution < 1.29 is 19.1 Å². The van der Waals surface area contributed by atoms with E-state index in [4.69, 9.17) is 9.47 Å². The van der Waals surface area contributed by atoms with Crippen LogP contribution in [0.4, 0.5) is 21.9 Å². The maximum absolute atomic E-state index is 13.2. The molecule has 31 heavy (non-hydrogen) atoms. The van der Waals surface area contributed by atoms with Crippen LogP contribution >= 0.6 is 0 Å². The van der Waals surface area contributed by atoms with Gasteiger partial charge < -0.3 is 25.0 Å². The van der Waals surface area contributed by atoms with E-state index < -0.39 is 6.03 Å². The van der Waals surface area contributed by atoms with Gasteiger partial charge in [-0.15, -0.1) is 0 Å². The van der Waals surface area contributed by atoms with Gasteiger partial charge in [0.05, 0.1) is 23.5 Å². The number of nitrogens with zero attached hydrogens (tertiary/aromatic N) is 1. The predicted molar refractivity (Wildman–Crippen MR) is 121 cm³/mol. The summed E-state index contributed by atoms with van der Waals surface area (Å²) in [6.45, 7) is 4.77. The topological polar surface area (TPSA) is 79.9 Å². The molecule has 0 bridgehead atoms. The maximum atomic E-state index is 13.2. The number of carbonyl (C=O) groups is 2. The smallest absolute Gasteiger partial charge is 0.323 e. The molecule has 1 aliphatic heterocycles. The molecule has 1 heterocycles. The van der Waals surface area contributed by atoms with Crippen LogP contribution in [0.1, 0.15) is 24.2 Å². The number of benzene rings is 3. The molecule has 3 amide bonds. The first-order valence-corrected chi connectivity index (χ1v) is 10.1. The first-order valence-electron chi connectivity index (χ1n) is 10.1. The second-order valence-electron chi connectivity index (χ2n) is 6.84. The lowest BCUT2D eigenvalue weighted by molar-refractivity contribution is 0.0988. The number of urea groups is 1. The molecule has 7 heteroatoms. The molecule has 0 radical (unpaired) electrons. The lowest BCUT2D eigenvalue weighted by Crippen LogP contribution is -2.30. The molecule has 0 saturated carbocycles. The van der Waals surface area contributed by atoms with E-state index >= 15 is 0 Å². The summed E-state index contributed by atoms with van der Waals surface area (Å²) in [5.41, 5.74) is 2.13. The fourth-order valence-corrected chi connectivity index (χ4v) is 3.45. The van der Waals surface area contributed by atoms with Crippen LogP contribution in [0.3, 0.4) is 0 Å². The lowest BCUT2D eigenvalue weighted by Gasteiger charge is -2.19. The number of nitrogens with one attached hydrogen (secondary N) is 2. The Morgan fingerprint density at radius 3 is 2.55 bits per heavy atom. The summed E-state index contributed by atoms with van der Waals surface area (Å²) in [5, 5.41) is 5.55. The van der Waals surface area contributed by atoms with Gasteiger partial charge in [0.2, 0.25) is 0 Å². The molecule has 158 valence electrons. The summed E-state index contributed by atoms with van der Waals surface area (Å²) in [7, 11) is 0. The predicted octanol–water partition coefficient (Wildman–Crippen LogP) is 5.50. The van der Waals surface area contributed by atoms with Crippen LogP contribution in [0, 0.1) is 0 Å². The van der Waals surface area contributed by atoms with Crippen LogP contribution in [0.2, 0.25) is 0 Å². The highest BCUT2D eigenvalue weighted by Crippen LogP contribution is 2.39. The van der Waals surface area contributed by atoms with Crippen molar-refractivity contribution in [2.75, 3.05) is 28.7 Å². The summed E-state index contributed by atoms with van der Waals surface area (Å²) in [4.78, 5) is 27.4. The van der Waals surface area contributed by atoms with E-state index in [-0.39, 0.29) is 5.91 Å². The van der Waals surface area contributed by atoms with Gasteiger partial charge in [0.1, 0.15) is 11.5 Å². The van der Waals surface area contributed by atoms with Gasteiger partial charge in [0.15, 0.2) is 5.75 Å². The molecule has 2 N–H and O–H groups in total. The minimum Gasteiger partial charge on any atom is -0.492 e. The van der Waals surface area contributed by atoms with E-state index in [9.17, 15) is 9.59 Å². The second kappa shape index (κ2) is 8.79. The molecule has 4 rings (SSSR count). The number of hydrogen-bond donors (Lipinski definition) is 2. The lowest BCUT2D eigenvalue weighted by atomic mass is 10.1. The van der Waals surface area contributed by atoms with Crippen LogP contribution in [-0.2, 0) is 0 Å². The molecule has 0 saturated heterocycles. The average Bonchev–Trinajstić information content (AvgIpc) is 2.89. The van der Waals surface area contributed by atoms with Gasteiger partial charge >= 0.3 is 6.03 Å². The van der Waals surface area contributed by atoms with Crippen molar-refractivity contribution in [1.82, 2.24) is 0 Å². The zero-order valence-corrected chi connectivity index (χ0v) is 17.3. The van der Waals surface area contributed by atoms with Crippen molar-refractivity contribution in [2.45, 2.75) is 13.8 Å². The highest BCUT2D eigenvalue weighted by Gasteiger charge is 2.27. The summed E-state index contributed by atoms with van der Waals surface area (Å²) in [5.74, 6) is 1.46. The van der Waals surface area contributed by atoms with Gasteiger partial charge in [0, 0.05) is 12.2 Å². The molecular weight excluding hydrogens is 394 g/mol. The van der Waals surface area contributed by atoms with E-state index in [0.717, 1.165) is 0 Å². The minimum atomic E-state index is -0.440. The van der Waals surface area contributed by atoms with Crippen LogP contribution in [-0.4, -0.2) is 25.1 Å².